The van der Waals surface area contributed by atoms with Gasteiger partial charge in [-0.05, 0) is 18.1 Å². The van der Waals surface area contributed by atoms with Gasteiger partial charge in [0.25, 0.3) is 0 Å². The maximum absolute atomic E-state index is 11.3. The normalized spacial score (nSPS) is 26.6. The van der Waals surface area contributed by atoms with Crippen LogP contribution in [0.2, 0.25) is 18.1 Å². The first-order valence-electron chi connectivity index (χ1n) is 7.08. The second kappa shape index (κ2) is 6.99. The Morgan fingerprint density at radius 2 is 1.80 bits per heavy atom. The highest BCUT2D eigenvalue weighted by Crippen LogP contribution is 2.31. The molecular formula is C13H23NO5Si. The second-order valence-electron chi connectivity index (χ2n) is 5.16. The van der Waals surface area contributed by atoms with Crippen molar-refractivity contribution in [2.75, 3.05) is 0 Å². The maximum Gasteiger partial charge on any atom is 0.408 e. The molecule has 0 unspecified atom stereocenters. The number of rotatable bonds is 7. The summed E-state index contributed by atoms with van der Waals surface area (Å²) < 4.78 is 6.21. The van der Waals surface area contributed by atoms with Crippen LogP contribution in [0.1, 0.15) is 27.2 Å². The molecular weight excluding hydrogens is 278 g/mol. The van der Waals surface area contributed by atoms with Crippen molar-refractivity contribution in [3.05, 3.63) is 0 Å². The van der Waals surface area contributed by atoms with Gasteiger partial charge >= 0.3 is 6.09 Å². The number of nitrogens with zero attached hydrogens (tertiary/aromatic N) is 1. The molecule has 3 atom stereocenters. The molecule has 0 saturated carbocycles. The SMILES string of the molecule is CC[Si](CC)(CC)O[C@H]1C[C@@H](C=O)N(C(=O)O)[C@H]1C=O. The average molecular weight is 301 g/mol. The molecule has 0 radical (unpaired) electrons. The first-order chi connectivity index (χ1) is 9.48. The second-order valence-corrected chi connectivity index (χ2v) is 9.88. The topological polar surface area (TPSA) is 83.9 Å². The standard InChI is InChI=1S/C13H23NO5Si/c1-4-20(5-2,6-3)19-12-7-10(8-15)14(13(17)18)11(12)9-16/h8-12H,4-7H2,1-3H3,(H,17,18)/t10-,11-,12-/m0/s1. The Morgan fingerprint density at radius 3 is 2.15 bits per heavy atom. The Morgan fingerprint density at radius 1 is 1.25 bits per heavy atom. The van der Waals surface area contributed by atoms with Gasteiger partial charge in [-0.25, -0.2) is 4.79 Å². The van der Waals surface area contributed by atoms with Crippen molar-refractivity contribution in [3.63, 3.8) is 0 Å². The number of likely N-dealkylation sites (tertiary alicyclic amines) is 1. The first-order valence-corrected chi connectivity index (χ1v) is 9.61. The Labute approximate surface area is 120 Å². The van der Waals surface area contributed by atoms with Crippen LogP contribution in [0, 0.1) is 0 Å². The highest BCUT2D eigenvalue weighted by Gasteiger charge is 2.47. The van der Waals surface area contributed by atoms with Gasteiger partial charge in [0.1, 0.15) is 18.6 Å². The van der Waals surface area contributed by atoms with Crippen LogP contribution in [0.25, 0.3) is 0 Å². The lowest BCUT2D eigenvalue weighted by Gasteiger charge is -2.33. The van der Waals surface area contributed by atoms with Crippen LogP contribution in [-0.2, 0) is 14.0 Å². The van der Waals surface area contributed by atoms with Crippen LogP contribution in [0.3, 0.4) is 0 Å². The van der Waals surface area contributed by atoms with E-state index in [-0.39, 0.29) is 6.42 Å². The summed E-state index contributed by atoms with van der Waals surface area (Å²) in [5.74, 6) is 0. The van der Waals surface area contributed by atoms with Crippen LogP contribution in [0.5, 0.6) is 0 Å². The van der Waals surface area contributed by atoms with E-state index in [4.69, 9.17) is 9.53 Å². The van der Waals surface area contributed by atoms with E-state index in [0.717, 1.165) is 23.0 Å². The van der Waals surface area contributed by atoms with Crippen LogP contribution in [0.4, 0.5) is 4.79 Å². The Bertz CT molecular complexity index is 364. The molecule has 114 valence electrons. The molecule has 1 heterocycles. The lowest BCUT2D eigenvalue weighted by Crippen LogP contribution is -2.48. The van der Waals surface area contributed by atoms with E-state index in [2.05, 4.69) is 20.8 Å². The molecule has 1 amide bonds. The number of carbonyl (C=O) groups is 3. The number of carboxylic acid groups (broad SMARTS) is 1. The molecule has 7 heteroatoms. The minimum atomic E-state index is -1.94. The molecule has 1 saturated heterocycles. The summed E-state index contributed by atoms with van der Waals surface area (Å²) in [4.78, 5) is 34.4. The van der Waals surface area contributed by atoms with Crippen molar-refractivity contribution in [1.29, 1.82) is 0 Å². The molecule has 0 aliphatic carbocycles. The lowest BCUT2D eigenvalue weighted by molar-refractivity contribution is -0.114. The highest BCUT2D eigenvalue weighted by atomic mass is 28.4. The first kappa shape index (κ1) is 16.8. The zero-order valence-electron chi connectivity index (χ0n) is 12.2. The number of amides is 1. The van der Waals surface area contributed by atoms with Gasteiger partial charge in [-0.15, -0.1) is 0 Å². The average Bonchev–Trinajstić information content (AvgIpc) is 2.82. The molecule has 1 aliphatic heterocycles. The smallest absolute Gasteiger partial charge is 0.408 e. The van der Waals surface area contributed by atoms with Crippen LogP contribution >= 0.6 is 0 Å². The van der Waals surface area contributed by atoms with Crippen molar-refractivity contribution in [1.82, 2.24) is 4.90 Å². The zero-order chi connectivity index (χ0) is 15.3. The van der Waals surface area contributed by atoms with E-state index in [1.807, 2.05) is 0 Å². The van der Waals surface area contributed by atoms with Gasteiger partial charge in [0.05, 0.1) is 12.1 Å². The fraction of sp³-hybridized carbons (Fsp3) is 0.769. The summed E-state index contributed by atoms with van der Waals surface area (Å²) in [6, 6.07) is 1.09. The van der Waals surface area contributed by atoms with Crippen molar-refractivity contribution in [2.24, 2.45) is 0 Å². The number of hydrogen-bond acceptors (Lipinski definition) is 4. The van der Waals surface area contributed by atoms with Gasteiger partial charge in [-0.2, -0.15) is 0 Å². The minimum Gasteiger partial charge on any atom is -0.465 e. The third kappa shape index (κ3) is 3.09. The van der Waals surface area contributed by atoms with E-state index < -0.39 is 32.6 Å². The van der Waals surface area contributed by atoms with Crippen molar-refractivity contribution in [2.45, 2.75) is 63.5 Å². The molecule has 1 aliphatic rings. The monoisotopic (exact) mass is 301 g/mol. The van der Waals surface area contributed by atoms with Crippen molar-refractivity contribution < 1.29 is 23.9 Å². The highest BCUT2D eigenvalue weighted by molar-refractivity contribution is 6.73. The summed E-state index contributed by atoms with van der Waals surface area (Å²) in [5, 5.41) is 9.17. The molecule has 1 fully saturated rings. The fourth-order valence-electron chi connectivity index (χ4n) is 2.87. The minimum absolute atomic E-state index is 0.272. The van der Waals surface area contributed by atoms with Gasteiger partial charge in [0.15, 0.2) is 8.32 Å². The number of aldehydes is 2. The van der Waals surface area contributed by atoms with Crippen molar-refractivity contribution >= 4 is 27.0 Å². The van der Waals surface area contributed by atoms with Crippen LogP contribution < -0.4 is 0 Å². The lowest BCUT2D eigenvalue weighted by atomic mass is 10.1. The Balaban J connectivity index is 2.97. The van der Waals surface area contributed by atoms with Crippen molar-refractivity contribution in [3.8, 4) is 0 Å². The van der Waals surface area contributed by atoms with Gasteiger partial charge in [-0.3, -0.25) is 4.90 Å². The van der Waals surface area contributed by atoms with Gasteiger partial charge < -0.3 is 19.1 Å². The Kier molecular flexibility index (Phi) is 5.88. The van der Waals surface area contributed by atoms with Crippen LogP contribution in [0.15, 0.2) is 0 Å². The third-order valence-electron chi connectivity index (χ3n) is 4.38. The van der Waals surface area contributed by atoms with E-state index in [9.17, 15) is 14.4 Å². The zero-order valence-corrected chi connectivity index (χ0v) is 13.2. The molecule has 0 aromatic heterocycles. The summed E-state index contributed by atoms with van der Waals surface area (Å²) in [6.45, 7) is 6.20. The molecule has 0 aromatic carbocycles. The van der Waals surface area contributed by atoms with E-state index in [1.165, 1.54) is 0 Å². The predicted molar refractivity (Wildman–Crippen MR) is 76.3 cm³/mol. The van der Waals surface area contributed by atoms with Crippen LogP contribution in [-0.4, -0.2) is 55.2 Å². The quantitative estimate of drug-likeness (QED) is 0.573. The maximum atomic E-state index is 11.3. The number of hydrogen-bond donors (Lipinski definition) is 1. The van der Waals surface area contributed by atoms with E-state index in [1.54, 1.807) is 0 Å². The molecule has 0 bridgehead atoms. The Hall–Kier alpha value is -1.21. The molecule has 0 aromatic rings. The third-order valence-corrected chi connectivity index (χ3v) is 9.05. The predicted octanol–water partition coefficient (Wildman–Crippen LogP) is 1.90. The molecule has 20 heavy (non-hydrogen) atoms. The summed E-state index contributed by atoms with van der Waals surface area (Å²) in [6.07, 6.45) is -0.301. The fourth-order valence-corrected chi connectivity index (χ4v) is 5.75. The molecule has 0 spiro atoms. The van der Waals surface area contributed by atoms with Gasteiger partial charge in [0.2, 0.25) is 0 Å². The summed E-state index contributed by atoms with van der Waals surface area (Å²) >= 11 is 0. The molecule has 1 N–H and O–H groups in total. The molecule has 1 rings (SSSR count). The number of carbonyl (C=O) groups excluding carboxylic acids is 2. The molecule has 6 nitrogen and oxygen atoms in total. The van der Waals surface area contributed by atoms with E-state index in [0.29, 0.717) is 12.6 Å². The van der Waals surface area contributed by atoms with Gasteiger partial charge in [-0.1, -0.05) is 20.8 Å². The summed E-state index contributed by atoms with van der Waals surface area (Å²) in [7, 11) is -1.94. The van der Waals surface area contributed by atoms with Gasteiger partial charge in [0, 0.05) is 6.42 Å². The van der Waals surface area contributed by atoms with E-state index >= 15 is 0 Å². The largest absolute Gasteiger partial charge is 0.465 e. The summed E-state index contributed by atoms with van der Waals surface area (Å²) in [5.41, 5.74) is 0.